The summed E-state index contributed by atoms with van der Waals surface area (Å²) in [5.41, 5.74) is 5.97. The maximum atomic E-state index is 5.97. The van der Waals surface area contributed by atoms with Gasteiger partial charge in [0.2, 0.25) is 0 Å². The minimum absolute atomic E-state index is 0.378. The Kier molecular flexibility index (Phi) is 5.56. The van der Waals surface area contributed by atoms with Gasteiger partial charge in [-0.1, -0.05) is 18.9 Å². The molecule has 1 unspecified atom stereocenters. The van der Waals surface area contributed by atoms with Crippen LogP contribution in [0.25, 0.3) is 0 Å². The van der Waals surface area contributed by atoms with Crippen LogP contribution in [0, 0.1) is 0 Å². The fourth-order valence-electron chi connectivity index (χ4n) is 1.73. The molecule has 0 aromatic heterocycles. The molecule has 0 bridgehead atoms. The molecule has 1 aliphatic rings. The number of allylic oxidation sites excluding steroid dienone is 1. The Bertz CT molecular complexity index is 141. The van der Waals surface area contributed by atoms with Crippen LogP contribution in [0.3, 0.4) is 0 Å². The second kappa shape index (κ2) is 6.50. The van der Waals surface area contributed by atoms with Gasteiger partial charge in [0.15, 0.2) is 0 Å². The molecular formula is C11H21NS. The van der Waals surface area contributed by atoms with E-state index >= 15 is 0 Å². The van der Waals surface area contributed by atoms with Crippen LogP contribution in [-0.2, 0) is 0 Å². The Balaban J connectivity index is 1.99. The third kappa shape index (κ3) is 4.72. The second-order valence-electron chi connectivity index (χ2n) is 3.87. The van der Waals surface area contributed by atoms with Gasteiger partial charge in [-0.15, -0.1) is 6.58 Å². The molecule has 13 heavy (non-hydrogen) atoms. The first-order valence-corrected chi connectivity index (χ1v) is 6.36. The van der Waals surface area contributed by atoms with Crippen molar-refractivity contribution in [1.82, 2.24) is 0 Å². The number of nitrogens with two attached hydrogens (primary N) is 1. The summed E-state index contributed by atoms with van der Waals surface area (Å²) in [6.07, 6.45) is 9.81. The molecule has 0 heterocycles. The molecule has 0 spiro atoms. The van der Waals surface area contributed by atoms with E-state index in [2.05, 4.69) is 18.3 Å². The summed E-state index contributed by atoms with van der Waals surface area (Å²) in [5, 5.41) is 0.912. The molecule has 0 amide bonds. The van der Waals surface area contributed by atoms with E-state index in [0.29, 0.717) is 6.04 Å². The van der Waals surface area contributed by atoms with Crippen LogP contribution >= 0.6 is 11.8 Å². The van der Waals surface area contributed by atoms with Crippen LogP contribution in [0.15, 0.2) is 12.7 Å². The van der Waals surface area contributed by atoms with E-state index in [0.717, 1.165) is 23.8 Å². The number of hydrogen-bond donors (Lipinski definition) is 1. The summed E-state index contributed by atoms with van der Waals surface area (Å²) in [6, 6.07) is 0.378. The second-order valence-corrected chi connectivity index (χ2v) is 5.20. The summed E-state index contributed by atoms with van der Waals surface area (Å²) < 4.78 is 0. The zero-order chi connectivity index (χ0) is 9.52. The van der Waals surface area contributed by atoms with Gasteiger partial charge in [0.1, 0.15) is 0 Å². The zero-order valence-corrected chi connectivity index (χ0v) is 9.19. The third-order valence-corrected chi connectivity index (χ3v) is 4.15. The molecule has 0 aromatic carbocycles. The maximum absolute atomic E-state index is 5.97. The maximum Gasteiger partial charge on any atom is 0.0133 e. The van der Waals surface area contributed by atoms with Crippen molar-refractivity contribution in [3.8, 4) is 0 Å². The molecular weight excluding hydrogens is 178 g/mol. The Labute approximate surface area is 86.2 Å². The smallest absolute Gasteiger partial charge is 0.0133 e. The van der Waals surface area contributed by atoms with Crippen LogP contribution in [0.4, 0.5) is 0 Å². The minimum Gasteiger partial charge on any atom is -0.327 e. The summed E-state index contributed by atoms with van der Waals surface area (Å²) in [4.78, 5) is 0. The monoisotopic (exact) mass is 199 g/mol. The molecule has 1 aliphatic carbocycles. The third-order valence-electron chi connectivity index (χ3n) is 2.59. The molecule has 0 radical (unpaired) electrons. The van der Waals surface area contributed by atoms with Gasteiger partial charge < -0.3 is 5.73 Å². The normalized spacial score (nSPS) is 20.4. The molecule has 2 N–H and O–H groups in total. The van der Waals surface area contributed by atoms with Gasteiger partial charge in [-0.05, 0) is 25.7 Å². The lowest BCUT2D eigenvalue weighted by Crippen LogP contribution is -2.23. The van der Waals surface area contributed by atoms with Crippen LogP contribution < -0.4 is 5.73 Å². The van der Waals surface area contributed by atoms with Crippen molar-refractivity contribution in [3.63, 3.8) is 0 Å². The number of rotatable bonds is 6. The van der Waals surface area contributed by atoms with E-state index in [1.54, 1.807) is 0 Å². The fraction of sp³-hybridized carbons (Fsp3) is 0.818. The van der Waals surface area contributed by atoms with E-state index < -0.39 is 0 Å². The number of hydrogen-bond acceptors (Lipinski definition) is 2. The van der Waals surface area contributed by atoms with Crippen molar-refractivity contribution in [2.75, 3.05) is 5.75 Å². The van der Waals surface area contributed by atoms with Gasteiger partial charge in [-0.2, -0.15) is 11.8 Å². The average Bonchev–Trinajstić information content (AvgIpc) is 2.64. The largest absolute Gasteiger partial charge is 0.327 e. The highest BCUT2D eigenvalue weighted by atomic mass is 32.2. The van der Waals surface area contributed by atoms with Crippen molar-refractivity contribution in [2.45, 2.75) is 49.8 Å². The average molecular weight is 199 g/mol. The molecule has 0 aromatic rings. The summed E-state index contributed by atoms with van der Waals surface area (Å²) >= 11 is 2.08. The van der Waals surface area contributed by atoms with E-state index in [1.807, 2.05) is 6.08 Å². The SMILES string of the molecule is C=CCCC(N)CSC1CCCC1. The highest BCUT2D eigenvalue weighted by Crippen LogP contribution is 2.29. The van der Waals surface area contributed by atoms with Gasteiger partial charge in [0.05, 0.1) is 0 Å². The van der Waals surface area contributed by atoms with Crippen molar-refractivity contribution in [2.24, 2.45) is 5.73 Å². The van der Waals surface area contributed by atoms with Gasteiger partial charge in [-0.3, -0.25) is 0 Å². The first kappa shape index (κ1) is 11.1. The lowest BCUT2D eigenvalue weighted by molar-refractivity contribution is 0.683. The molecule has 76 valence electrons. The van der Waals surface area contributed by atoms with E-state index in [4.69, 9.17) is 5.73 Å². The van der Waals surface area contributed by atoms with Crippen LogP contribution in [-0.4, -0.2) is 17.0 Å². The molecule has 1 nitrogen and oxygen atoms in total. The van der Waals surface area contributed by atoms with Crippen LogP contribution in [0.2, 0.25) is 0 Å². The van der Waals surface area contributed by atoms with Crippen molar-refractivity contribution in [3.05, 3.63) is 12.7 Å². The quantitative estimate of drug-likeness (QED) is 0.666. The zero-order valence-electron chi connectivity index (χ0n) is 8.37. The molecule has 1 fully saturated rings. The summed E-state index contributed by atoms with van der Waals surface area (Å²) in [6.45, 7) is 3.71. The molecule has 2 heteroatoms. The van der Waals surface area contributed by atoms with E-state index in [9.17, 15) is 0 Å². The van der Waals surface area contributed by atoms with Crippen molar-refractivity contribution in [1.29, 1.82) is 0 Å². The summed E-state index contributed by atoms with van der Waals surface area (Å²) in [7, 11) is 0. The topological polar surface area (TPSA) is 26.0 Å². The van der Waals surface area contributed by atoms with Crippen molar-refractivity contribution < 1.29 is 0 Å². The van der Waals surface area contributed by atoms with Gasteiger partial charge >= 0.3 is 0 Å². The highest BCUT2D eigenvalue weighted by molar-refractivity contribution is 7.99. The van der Waals surface area contributed by atoms with Gasteiger partial charge in [0.25, 0.3) is 0 Å². The van der Waals surface area contributed by atoms with E-state index in [-0.39, 0.29) is 0 Å². The minimum atomic E-state index is 0.378. The van der Waals surface area contributed by atoms with Gasteiger partial charge in [0, 0.05) is 17.0 Å². The Morgan fingerprint density at radius 2 is 2.15 bits per heavy atom. The van der Waals surface area contributed by atoms with E-state index in [1.165, 1.54) is 25.7 Å². The Morgan fingerprint density at radius 3 is 2.77 bits per heavy atom. The lowest BCUT2D eigenvalue weighted by Gasteiger charge is -2.13. The molecule has 1 rings (SSSR count). The van der Waals surface area contributed by atoms with Crippen molar-refractivity contribution >= 4 is 11.8 Å². The molecule has 0 saturated heterocycles. The first-order chi connectivity index (χ1) is 6.33. The molecule has 1 saturated carbocycles. The van der Waals surface area contributed by atoms with Gasteiger partial charge in [-0.25, -0.2) is 0 Å². The number of thioether (sulfide) groups is 1. The Morgan fingerprint density at radius 1 is 1.46 bits per heavy atom. The predicted molar refractivity (Wildman–Crippen MR) is 62.1 cm³/mol. The predicted octanol–water partition coefficient (Wildman–Crippen LogP) is 2.96. The summed E-state index contributed by atoms with van der Waals surface area (Å²) in [5.74, 6) is 1.14. The van der Waals surface area contributed by atoms with Crippen LogP contribution in [0.5, 0.6) is 0 Å². The molecule has 1 atom stereocenters. The standard InChI is InChI=1S/C11H21NS/c1-2-3-6-10(12)9-13-11-7-4-5-8-11/h2,10-11H,1,3-9,12H2. The Hall–Kier alpha value is 0.0500. The highest BCUT2D eigenvalue weighted by Gasteiger charge is 2.15. The van der Waals surface area contributed by atoms with Crippen LogP contribution in [0.1, 0.15) is 38.5 Å². The fourth-order valence-corrected chi connectivity index (χ4v) is 3.08. The first-order valence-electron chi connectivity index (χ1n) is 5.31. The lowest BCUT2D eigenvalue weighted by atomic mass is 10.2. The molecule has 0 aliphatic heterocycles.